The number of hydroxylamine groups is 1. The van der Waals surface area contributed by atoms with Crippen molar-refractivity contribution in [1.29, 1.82) is 0 Å². The van der Waals surface area contributed by atoms with Crippen LogP contribution in [0.5, 0.6) is 17.2 Å². The lowest BCUT2D eigenvalue weighted by Gasteiger charge is -2.26. The van der Waals surface area contributed by atoms with Gasteiger partial charge >= 0.3 is 0 Å². The number of methoxy groups -OCH3 is 1. The average Bonchev–Trinajstić information content (AvgIpc) is 3.77. The first-order valence-electron chi connectivity index (χ1n) is 11.9. The lowest BCUT2D eigenvalue weighted by atomic mass is 10.0. The van der Waals surface area contributed by atoms with Gasteiger partial charge in [-0.1, -0.05) is 0 Å². The number of nitrogens with zero attached hydrogens (tertiary/aromatic N) is 2. The Morgan fingerprint density at radius 1 is 1.00 bits per heavy atom. The largest absolute Gasteiger partial charge is 0.496 e. The van der Waals surface area contributed by atoms with Gasteiger partial charge in [-0.05, 0) is 73.5 Å². The first-order chi connectivity index (χ1) is 18.8. The highest BCUT2D eigenvalue weighted by Gasteiger charge is 2.57. The molecule has 0 spiro atoms. The van der Waals surface area contributed by atoms with Gasteiger partial charge in [0.05, 0.1) is 18.2 Å². The van der Waals surface area contributed by atoms with Crippen molar-refractivity contribution >= 4 is 52.4 Å². The van der Waals surface area contributed by atoms with E-state index >= 15 is 0 Å². The van der Waals surface area contributed by atoms with Crippen molar-refractivity contribution in [2.75, 3.05) is 12.0 Å². The summed E-state index contributed by atoms with van der Waals surface area (Å²) in [5.74, 6) is -1.42. The zero-order valence-electron chi connectivity index (χ0n) is 21.1. The Bertz CT molecular complexity index is 1590. The summed E-state index contributed by atoms with van der Waals surface area (Å²) >= 11 is 0. The smallest absolute Gasteiger partial charge is 0.278 e. The Balaban J connectivity index is 0.00000370. The summed E-state index contributed by atoms with van der Waals surface area (Å²) in [7, 11) is 1.39. The molecule has 0 radical (unpaired) electrons. The van der Waals surface area contributed by atoms with Gasteiger partial charge in [0.1, 0.15) is 28.5 Å². The first-order valence-corrected chi connectivity index (χ1v) is 11.9. The van der Waals surface area contributed by atoms with Crippen LogP contribution in [-0.4, -0.2) is 35.0 Å². The molecule has 4 aromatic rings. The van der Waals surface area contributed by atoms with Crippen LogP contribution in [0.15, 0.2) is 72.9 Å². The van der Waals surface area contributed by atoms with E-state index in [2.05, 4.69) is 4.98 Å². The lowest BCUT2D eigenvalue weighted by Crippen LogP contribution is -2.41. The number of hydrogen-bond donors (Lipinski definition) is 3. The van der Waals surface area contributed by atoms with Crippen LogP contribution in [0, 0.1) is 11.2 Å². The Morgan fingerprint density at radius 3 is 2.17 bits per heavy atom. The Labute approximate surface area is 233 Å². The highest BCUT2D eigenvalue weighted by Crippen LogP contribution is 2.49. The zero-order chi connectivity index (χ0) is 27.7. The number of rotatable bonds is 8. The number of nitrogens with two attached hydrogens (primary N) is 1. The molecule has 1 saturated carbocycles. The summed E-state index contributed by atoms with van der Waals surface area (Å²) in [5, 5.41) is 9.59. The van der Waals surface area contributed by atoms with E-state index in [0.717, 1.165) is 0 Å². The minimum atomic E-state index is -1.29. The maximum absolute atomic E-state index is 13.6. The maximum Gasteiger partial charge on any atom is 0.278 e. The van der Waals surface area contributed by atoms with Crippen LogP contribution in [-0.2, 0) is 9.59 Å². The molecule has 0 aliphatic heterocycles. The van der Waals surface area contributed by atoms with Crippen LogP contribution in [0.2, 0.25) is 0 Å². The maximum atomic E-state index is 13.6. The van der Waals surface area contributed by atoms with Gasteiger partial charge in [-0.15, -0.1) is 12.4 Å². The molecule has 1 aliphatic carbocycles. The number of nitrogens with one attached hydrogen (secondary N) is 1. The third-order valence-electron chi connectivity index (χ3n) is 6.61. The monoisotopic (exact) mass is 566 g/mol. The molecule has 0 saturated heterocycles. The summed E-state index contributed by atoms with van der Waals surface area (Å²) in [6.07, 6.45) is 2.22. The number of carbonyl (C=O) groups is 3. The summed E-state index contributed by atoms with van der Waals surface area (Å²) in [6.45, 7) is 0. The number of carbonyl (C=O) groups excluding carboxylic acids is 3. The number of benzene rings is 3. The van der Waals surface area contributed by atoms with E-state index in [9.17, 15) is 18.8 Å². The minimum Gasteiger partial charge on any atom is -0.496 e. The number of aromatic nitrogens is 1. The normalized spacial score (nSPS) is 13.1. The minimum absolute atomic E-state index is 0. The fraction of sp³-hybridized carbons (Fsp3) is 0.143. The lowest BCUT2D eigenvalue weighted by molar-refractivity contribution is -0.133. The fourth-order valence-electron chi connectivity index (χ4n) is 4.31. The van der Waals surface area contributed by atoms with Gasteiger partial charge < -0.3 is 15.2 Å². The van der Waals surface area contributed by atoms with Crippen LogP contribution in [0.25, 0.3) is 10.9 Å². The molecule has 4 N–H and O–H groups in total. The van der Waals surface area contributed by atoms with E-state index in [1.165, 1.54) is 48.5 Å². The van der Waals surface area contributed by atoms with Crippen LogP contribution < -0.4 is 25.6 Å². The molecule has 10 nitrogen and oxygen atoms in total. The highest BCUT2D eigenvalue weighted by molar-refractivity contribution is 6.16. The van der Waals surface area contributed by atoms with Crippen molar-refractivity contribution in [3.05, 3.63) is 84.3 Å². The number of pyridine rings is 1. The molecular weight excluding hydrogens is 543 g/mol. The van der Waals surface area contributed by atoms with Gasteiger partial charge in [0, 0.05) is 29.0 Å². The quantitative estimate of drug-likeness (QED) is 0.160. The number of anilines is 2. The summed E-state index contributed by atoms with van der Waals surface area (Å²) in [5.41, 5.74) is 7.23. The second kappa shape index (κ2) is 11.2. The molecule has 206 valence electrons. The van der Waals surface area contributed by atoms with E-state index in [1.807, 2.05) is 0 Å². The van der Waals surface area contributed by atoms with Gasteiger partial charge in [0.25, 0.3) is 5.91 Å². The molecule has 40 heavy (non-hydrogen) atoms. The van der Waals surface area contributed by atoms with Crippen LogP contribution >= 0.6 is 12.4 Å². The van der Waals surface area contributed by atoms with Crippen molar-refractivity contribution in [1.82, 2.24) is 10.5 Å². The summed E-state index contributed by atoms with van der Waals surface area (Å²) in [4.78, 5) is 43.3. The molecule has 0 atom stereocenters. The van der Waals surface area contributed by atoms with Crippen molar-refractivity contribution in [2.24, 2.45) is 11.1 Å². The number of primary amides is 1. The number of halogens is 2. The fourth-order valence-corrected chi connectivity index (χ4v) is 4.31. The third-order valence-corrected chi connectivity index (χ3v) is 6.61. The van der Waals surface area contributed by atoms with Gasteiger partial charge in [0.15, 0.2) is 0 Å². The molecule has 0 unspecified atom stereocenters. The predicted molar refractivity (Wildman–Crippen MR) is 146 cm³/mol. The van der Waals surface area contributed by atoms with E-state index in [-0.39, 0.29) is 23.7 Å². The predicted octanol–water partition coefficient (Wildman–Crippen LogP) is 4.65. The van der Waals surface area contributed by atoms with Crippen LogP contribution in [0.3, 0.4) is 0 Å². The summed E-state index contributed by atoms with van der Waals surface area (Å²) < 4.78 is 24.9. The van der Waals surface area contributed by atoms with Crippen molar-refractivity contribution in [3.8, 4) is 17.2 Å². The number of fused-ring (bicyclic) bond motifs is 1. The van der Waals surface area contributed by atoms with Crippen molar-refractivity contribution < 1.29 is 33.5 Å². The molecule has 3 aromatic carbocycles. The molecule has 0 bridgehead atoms. The van der Waals surface area contributed by atoms with Gasteiger partial charge in [0.2, 0.25) is 11.8 Å². The van der Waals surface area contributed by atoms with Crippen molar-refractivity contribution in [3.63, 3.8) is 0 Å². The van der Waals surface area contributed by atoms with Crippen LogP contribution in [0.4, 0.5) is 15.8 Å². The van der Waals surface area contributed by atoms with E-state index in [0.29, 0.717) is 46.6 Å². The highest BCUT2D eigenvalue weighted by atomic mass is 35.5. The third kappa shape index (κ3) is 5.12. The molecule has 5 rings (SSSR count). The summed E-state index contributed by atoms with van der Waals surface area (Å²) in [6, 6.07) is 16.5. The number of ether oxygens (including phenoxy) is 2. The van der Waals surface area contributed by atoms with E-state index in [1.54, 1.807) is 41.9 Å². The molecule has 1 fully saturated rings. The van der Waals surface area contributed by atoms with Gasteiger partial charge in [-0.2, -0.15) is 0 Å². The number of amides is 3. The van der Waals surface area contributed by atoms with E-state index < -0.39 is 29.0 Å². The topological polar surface area (TPSA) is 144 Å². The molecule has 1 heterocycles. The SMILES string of the molecule is COc1cc2nccc(Oc3ccc(N(C(=O)C4(C(N)=O)CC4)c4ccc(F)cc4)cc3)c2cc1C(=O)NO.Cl. The Kier molecular flexibility index (Phi) is 7.89. The van der Waals surface area contributed by atoms with Crippen molar-refractivity contribution in [2.45, 2.75) is 12.8 Å². The molecule has 12 heteroatoms. The van der Waals surface area contributed by atoms with E-state index in [4.69, 9.17) is 20.4 Å². The van der Waals surface area contributed by atoms with Gasteiger partial charge in [-0.25, -0.2) is 9.87 Å². The second-order valence-corrected chi connectivity index (χ2v) is 8.98. The molecule has 1 aromatic heterocycles. The standard InChI is InChI=1S/C28H23FN4O6.ClH/c1-38-24-15-22-20(14-21(24)25(34)32-37)23(10-13-31-22)39-19-8-6-18(7-9-19)33(17-4-2-16(29)3-5-17)27(36)28(11-12-28)26(30)35;/h2-10,13-15,37H,11-12H2,1H3,(H2,30,35)(H,32,34);1H. The number of hydrogen-bond acceptors (Lipinski definition) is 7. The molecular formula is C28H24ClFN4O6. The molecule has 3 amide bonds. The Hall–Kier alpha value is -4.74. The van der Waals surface area contributed by atoms with Crippen LogP contribution in [0.1, 0.15) is 23.2 Å². The molecule has 1 aliphatic rings. The first kappa shape index (κ1) is 28.3. The van der Waals surface area contributed by atoms with Gasteiger partial charge in [-0.3, -0.25) is 29.5 Å². The average molecular weight is 567 g/mol. The zero-order valence-corrected chi connectivity index (χ0v) is 21.9. The Morgan fingerprint density at radius 2 is 1.62 bits per heavy atom. The second-order valence-electron chi connectivity index (χ2n) is 8.98.